The van der Waals surface area contributed by atoms with Crippen molar-refractivity contribution in [3.63, 3.8) is 0 Å². The van der Waals surface area contributed by atoms with Gasteiger partial charge in [-0.15, -0.1) is 0 Å². The van der Waals surface area contributed by atoms with Crippen molar-refractivity contribution >= 4 is 28.0 Å². The summed E-state index contributed by atoms with van der Waals surface area (Å²) >= 11 is 0. The van der Waals surface area contributed by atoms with E-state index in [2.05, 4.69) is 15.2 Å². The fraction of sp³-hybridized carbons (Fsp3) is 0.348. The van der Waals surface area contributed by atoms with Crippen LogP contribution in [0, 0.1) is 12.7 Å². The van der Waals surface area contributed by atoms with Gasteiger partial charge in [0.2, 0.25) is 0 Å². The largest absolute Gasteiger partial charge is 0.481 e. The van der Waals surface area contributed by atoms with Crippen LogP contribution < -0.4 is 0 Å². The molecule has 0 spiro atoms. The number of ether oxygens (including phenoxy) is 1. The Morgan fingerprint density at radius 2 is 2.06 bits per heavy atom. The first-order valence-corrected chi connectivity index (χ1v) is 10.6. The van der Waals surface area contributed by atoms with Gasteiger partial charge in [0.25, 0.3) is 5.92 Å². The third-order valence-corrected chi connectivity index (χ3v) is 6.13. The number of alkyl halides is 2. The van der Waals surface area contributed by atoms with Crippen molar-refractivity contribution in [3.8, 4) is 5.69 Å². The number of aromatic nitrogens is 4. The van der Waals surface area contributed by atoms with E-state index in [9.17, 15) is 14.3 Å². The molecule has 7 nitrogen and oxygen atoms in total. The quantitative estimate of drug-likeness (QED) is 0.448. The third kappa shape index (κ3) is 3.64. The molecule has 0 atom stereocenters. The van der Waals surface area contributed by atoms with Crippen LogP contribution in [0.15, 0.2) is 30.5 Å². The number of hydrogen-bond acceptors (Lipinski definition) is 4. The maximum atomic E-state index is 15.6. The van der Waals surface area contributed by atoms with Crippen molar-refractivity contribution in [2.24, 2.45) is 0 Å². The van der Waals surface area contributed by atoms with Gasteiger partial charge in [0.05, 0.1) is 17.3 Å². The number of hydrogen-bond donors (Lipinski definition) is 2. The van der Waals surface area contributed by atoms with Crippen LogP contribution in [0.2, 0.25) is 0 Å². The Bertz CT molecular complexity index is 1370. The lowest BCUT2D eigenvalue weighted by atomic mass is 9.90. The number of carboxylic acids is 1. The lowest BCUT2D eigenvalue weighted by Gasteiger charge is -2.27. The number of aryl methyl sites for hydroxylation is 1. The van der Waals surface area contributed by atoms with Crippen molar-refractivity contribution in [2.45, 2.75) is 38.0 Å². The van der Waals surface area contributed by atoms with Gasteiger partial charge in [0.15, 0.2) is 5.65 Å². The Balaban J connectivity index is 1.91. The molecule has 5 rings (SSSR count). The predicted molar refractivity (Wildman–Crippen MR) is 114 cm³/mol. The number of carboxylic acid groups (broad SMARTS) is 1. The zero-order chi connectivity index (χ0) is 23.3. The Morgan fingerprint density at radius 1 is 1.30 bits per heavy atom. The van der Waals surface area contributed by atoms with Crippen LogP contribution >= 0.6 is 0 Å². The number of aromatic amines is 1. The van der Waals surface area contributed by atoms with Crippen LogP contribution in [0.3, 0.4) is 0 Å². The third-order valence-electron chi connectivity index (χ3n) is 6.13. The highest BCUT2D eigenvalue weighted by Crippen LogP contribution is 2.46. The first-order chi connectivity index (χ1) is 15.8. The number of pyridine rings is 1. The average molecular weight is 458 g/mol. The highest BCUT2D eigenvalue weighted by atomic mass is 19.3. The van der Waals surface area contributed by atoms with Crippen molar-refractivity contribution in [1.29, 1.82) is 0 Å². The van der Waals surface area contributed by atoms with Crippen LogP contribution in [0.1, 0.15) is 42.0 Å². The summed E-state index contributed by atoms with van der Waals surface area (Å²) in [7, 11) is 0. The van der Waals surface area contributed by atoms with E-state index in [1.165, 1.54) is 18.3 Å². The average Bonchev–Trinajstić information content (AvgIpc) is 3.35. The Labute approximate surface area is 186 Å². The molecule has 4 heterocycles. The molecular formula is C23H21F3N4O3. The van der Waals surface area contributed by atoms with Crippen molar-refractivity contribution in [2.75, 3.05) is 13.2 Å². The number of rotatable bonds is 5. The number of fused-ring (bicyclic) bond motifs is 2. The van der Waals surface area contributed by atoms with Gasteiger partial charge in [-0.1, -0.05) is 0 Å². The second kappa shape index (κ2) is 7.87. The summed E-state index contributed by atoms with van der Waals surface area (Å²) in [6, 6.07) is 6.12. The normalized spacial score (nSPS) is 15.5. The first kappa shape index (κ1) is 21.4. The Kier molecular flexibility index (Phi) is 5.12. The highest BCUT2D eigenvalue weighted by molar-refractivity contribution is 5.94. The van der Waals surface area contributed by atoms with Gasteiger partial charge in [0, 0.05) is 35.9 Å². The molecule has 1 aliphatic heterocycles. The first-order valence-electron chi connectivity index (χ1n) is 10.6. The number of carbonyl (C=O) groups is 1. The molecule has 0 unspecified atom stereocenters. The van der Waals surface area contributed by atoms with E-state index in [4.69, 9.17) is 4.74 Å². The van der Waals surface area contributed by atoms with Crippen LogP contribution in [0.4, 0.5) is 13.2 Å². The topological polar surface area (TPSA) is 93.0 Å². The number of benzene rings is 1. The molecule has 10 heteroatoms. The van der Waals surface area contributed by atoms with Crippen LogP contribution in [0.5, 0.6) is 0 Å². The molecule has 0 amide bonds. The molecule has 1 aromatic carbocycles. The molecule has 1 saturated heterocycles. The van der Waals surface area contributed by atoms with E-state index in [1.54, 1.807) is 23.6 Å². The van der Waals surface area contributed by atoms with Crippen molar-refractivity contribution in [3.05, 3.63) is 53.1 Å². The van der Waals surface area contributed by atoms with Gasteiger partial charge in [-0.05, 0) is 49.6 Å². The summed E-state index contributed by atoms with van der Waals surface area (Å²) in [6.07, 6.45) is 1.16. The number of aliphatic carboxylic acids is 1. The fourth-order valence-corrected chi connectivity index (χ4v) is 4.63. The number of nitrogens with zero attached hydrogens (tertiary/aromatic N) is 3. The monoisotopic (exact) mass is 458 g/mol. The molecule has 0 saturated carbocycles. The second-order valence-corrected chi connectivity index (χ2v) is 8.35. The molecule has 0 radical (unpaired) electrons. The van der Waals surface area contributed by atoms with Crippen molar-refractivity contribution in [1.82, 2.24) is 19.7 Å². The van der Waals surface area contributed by atoms with E-state index in [0.717, 1.165) is 0 Å². The number of nitrogens with one attached hydrogen (secondary N) is 1. The van der Waals surface area contributed by atoms with Gasteiger partial charge in [-0.2, -0.15) is 5.10 Å². The zero-order valence-corrected chi connectivity index (χ0v) is 17.7. The lowest BCUT2D eigenvalue weighted by Crippen LogP contribution is -2.24. The molecular weight excluding hydrogens is 437 g/mol. The summed E-state index contributed by atoms with van der Waals surface area (Å²) in [5.41, 5.74) is 1.45. The van der Waals surface area contributed by atoms with E-state index in [-0.39, 0.29) is 11.4 Å². The summed E-state index contributed by atoms with van der Waals surface area (Å²) in [5.74, 6) is -6.02. The molecule has 2 N–H and O–H groups in total. The van der Waals surface area contributed by atoms with Gasteiger partial charge in [-0.25, -0.2) is 18.2 Å². The van der Waals surface area contributed by atoms with E-state index in [1.807, 2.05) is 0 Å². The minimum absolute atomic E-state index is 0.00136. The predicted octanol–water partition coefficient (Wildman–Crippen LogP) is 4.81. The van der Waals surface area contributed by atoms with Crippen LogP contribution in [-0.2, 0) is 15.5 Å². The molecule has 1 fully saturated rings. The van der Waals surface area contributed by atoms with E-state index in [0.29, 0.717) is 59.6 Å². The maximum Gasteiger partial charge on any atom is 0.309 e. The Hall–Kier alpha value is -3.40. The van der Waals surface area contributed by atoms with Gasteiger partial charge in [0.1, 0.15) is 17.8 Å². The second-order valence-electron chi connectivity index (χ2n) is 8.35. The molecule has 33 heavy (non-hydrogen) atoms. The summed E-state index contributed by atoms with van der Waals surface area (Å²) in [5, 5.41) is 16.5. The standard InChI is InChI=1S/C23H21F3N4O3/c1-12-8-15(2-3-16(12)24)30-17-9-14-11-27-29-22(14)28-20(17)19(23(25,26)10-18(31)32)21(30)13-4-6-33-7-5-13/h2-3,8-9,11,13H,4-7,10H2,1H3,(H,31,32)(H,27,28,29). The number of H-pyrrole nitrogens is 1. The molecule has 4 aromatic rings. The lowest BCUT2D eigenvalue weighted by molar-refractivity contribution is -0.145. The fourth-order valence-electron chi connectivity index (χ4n) is 4.63. The van der Waals surface area contributed by atoms with Gasteiger partial charge in [-0.3, -0.25) is 9.89 Å². The molecule has 0 bridgehead atoms. The van der Waals surface area contributed by atoms with Gasteiger partial charge < -0.3 is 14.4 Å². The van der Waals surface area contributed by atoms with E-state index >= 15 is 8.78 Å². The molecule has 1 aliphatic rings. The molecule has 172 valence electrons. The summed E-state index contributed by atoms with van der Waals surface area (Å²) in [4.78, 5) is 15.8. The maximum absolute atomic E-state index is 15.6. The minimum Gasteiger partial charge on any atom is -0.481 e. The molecule has 0 aliphatic carbocycles. The zero-order valence-electron chi connectivity index (χ0n) is 17.7. The van der Waals surface area contributed by atoms with Crippen molar-refractivity contribution < 1.29 is 27.8 Å². The molecule has 3 aromatic heterocycles. The van der Waals surface area contributed by atoms with Crippen LogP contribution in [-0.4, -0.2) is 44.0 Å². The SMILES string of the molecule is Cc1cc(-n2c(C3CCOCC3)c(C(F)(F)CC(=O)O)c3nc4[nH]ncc4cc32)ccc1F. The van der Waals surface area contributed by atoms with Crippen LogP contribution in [0.25, 0.3) is 27.8 Å². The van der Waals surface area contributed by atoms with Gasteiger partial charge >= 0.3 is 5.97 Å². The highest BCUT2D eigenvalue weighted by Gasteiger charge is 2.43. The summed E-state index contributed by atoms with van der Waals surface area (Å²) < 4.78 is 52.4. The minimum atomic E-state index is -3.68. The number of halogens is 3. The smallest absolute Gasteiger partial charge is 0.309 e. The Morgan fingerprint density at radius 3 is 2.76 bits per heavy atom. The summed E-state index contributed by atoms with van der Waals surface area (Å²) in [6.45, 7) is 2.40. The van der Waals surface area contributed by atoms with E-state index < -0.39 is 29.7 Å².